The second-order valence-electron chi connectivity index (χ2n) is 3.68. The Hall–Kier alpha value is -1.88. The van der Waals surface area contributed by atoms with E-state index in [4.69, 9.17) is 4.74 Å². The fraction of sp³-hybridized carbons (Fsp3) is 0.385. The molecule has 0 heterocycles. The topological polar surface area (TPSA) is 61.8 Å². The van der Waals surface area contributed by atoms with Gasteiger partial charge in [-0.3, -0.25) is 0 Å². The van der Waals surface area contributed by atoms with Gasteiger partial charge in [-0.25, -0.2) is 9.59 Å². The van der Waals surface area contributed by atoms with Crippen LogP contribution in [0.1, 0.15) is 5.56 Å². The molecule has 0 saturated carbocycles. The van der Waals surface area contributed by atoms with Crippen molar-refractivity contribution in [1.82, 2.24) is 0 Å². The summed E-state index contributed by atoms with van der Waals surface area (Å²) in [5, 5.41) is 0. The van der Waals surface area contributed by atoms with Crippen molar-refractivity contribution in [2.24, 2.45) is 0 Å². The maximum atomic E-state index is 11.8. The molecule has 0 spiro atoms. The average molecular weight is 252 g/mol. The van der Waals surface area contributed by atoms with Gasteiger partial charge >= 0.3 is 11.9 Å². The molecule has 0 N–H and O–H groups in total. The Morgan fingerprint density at radius 3 is 1.89 bits per heavy atom. The van der Waals surface area contributed by atoms with Gasteiger partial charge in [0.25, 0.3) is 5.60 Å². The first-order valence-corrected chi connectivity index (χ1v) is 5.36. The molecule has 98 valence electrons. The number of hydrogen-bond acceptors (Lipinski definition) is 5. The number of rotatable bonds is 5. The largest absolute Gasteiger partial charge is 0.466 e. The number of hydrogen-bond donors (Lipinski definition) is 0. The smallest absolute Gasteiger partial charge is 0.350 e. The van der Waals surface area contributed by atoms with E-state index < -0.39 is 17.5 Å². The van der Waals surface area contributed by atoms with Gasteiger partial charge in [-0.15, -0.1) is 0 Å². The third-order valence-electron chi connectivity index (χ3n) is 2.67. The Labute approximate surface area is 106 Å². The lowest BCUT2D eigenvalue weighted by Gasteiger charge is -2.26. The van der Waals surface area contributed by atoms with Crippen LogP contribution in [0.3, 0.4) is 0 Å². The minimum Gasteiger partial charge on any atom is -0.466 e. The van der Waals surface area contributed by atoms with E-state index in [0.717, 1.165) is 5.56 Å². The normalized spacial score (nSPS) is 10.8. The average Bonchev–Trinajstić information content (AvgIpc) is 2.44. The molecule has 0 saturated heterocycles. The molecule has 0 aromatic heterocycles. The van der Waals surface area contributed by atoms with Gasteiger partial charge in [-0.2, -0.15) is 0 Å². The second-order valence-corrected chi connectivity index (χ2v) is 3.68. The molecule has 1 rings (SSSR count). The lowest BCUT2D eigenvalue weighted by Crippen LogP contribution is -2.51. The lowest BCUT2D eigenvalue weighted by atomic mass is 9.94. The summed E-state index contributed by atoms with van der Waals surface area (Å²) in [6.45, 7) is 0. The molecular formula is C13H16O5. The Morgan fingerprint density at radius 2 is 1.50 bits per heavy atom. The first kappa shape index (κ1) is 14.2. The number of methoxy groups -OCH3 is 3. The predicted octanol–water partition coefficient (Wildman–Crippen LogP) is 0.960. The first-order chi connectivity index (χ1) is 8.60. The van der Waals surface area contributed by atoms with E-state index >= 15 is 0 Å². The van der Waals surface area contributed by atoms with Gasteiger partial charge in [0.15, 0.2) is 0 Å². The number of ether oxygens (including phenoxy) is 3. The van der Waals surface area contributed by atoms with Crippen LogP contribution in [-0.4, -0.2) is 38.9 Å². The number of carbonyl (C=O) groups is 2. The van der Waals surface area contributed by atoms with Crippen LogP contribution in [0.4, 0.5) is 0 Å². The van der Waals surface area contributed by atoms with Crippen LogP contribution in [0.5, 0.6) is 0 Å². The molecule has 0 fully saturated rings. The molecule has 18 heavy (non-hydrogen) atoms. The zero-order valence-corrected chi connectivity index (χ0v) is 10.6. The van der Waals surface area contributed by atoms with Crippen LogP contribution in [0.25, 0.3) is 0 Å². The highest BCUT2D eigenvalue weighted by Crippen LogP contribution is 2.21. The zero-order chi connectivity index (χ0) is 13.6. The molecule has 0 unspecified atom stereocenters. The molecule has 0 aliphatic carbocycles. The molecule has 1 aromatic rings. The van der Waals surface area contributed by atoms with Crippen LogP contribution in [-0.2, 0) is 30.2 Å². The highest BCUT2D eigenvalue weighted by Gasteiger charge is 2.49. The van der Waals surface area contributed by atoms with Crippen molar-refractivity contribution in [2.45, 2.75) is 12.0 Å². The summed E-state index contributed by atoms with van der Waals surface area (Å²) >= 11 is 0. The molecular weight excluding hydrogens is 236 g/mol. The Kier molecular flexibility index (Phi) is 4.85. The van der Waals surface area contributed by atoms with Gasteiger partial charge in [0.05, 0.1) is 14.2 Å². The lowest BCUT2D eigenvalue weighted by molar-refractivity contribution is -0.184. The summed E-state index contributed by atoms with van der Waals surface area (Å²) in [6, 6.07) is 9.04. The van der Waals surface area contributed by atoms with Gasteiger partial charge in [0.2, 0.25) is 0 Å². The Balaban J connectivity index is 3.11. The molecule has 0 atom stereocenters. The molecule has 0 aliphatic rings. The zero-order valence-electron chi connectivity index (χ0n) is 10.6. The summed E-state index contributed by atoms with van der Waals surface area (Å²) < 4.78 is 14.4. The predicted molar refractivity (Wildman–Crippen MR) is 63.9 cm³/mol. The van der Waals surface area contributed by atoms with Crippen molar-refractivity contribution < 1.29 is 23.8 Å². The van der Waals surface area contributed by atoms with E-state index in [1.165, 1.54) is 21.3 Å². The van der Waals surface area contributed by atoms with Crippen molar-refractivity contribution in [3.05, 3.63) is 35.9 Å². The van der Waals surface area contributed by atoms with Crippen molar-refractivity contribution in [1.29, 1.82) is 0 Å². The molecule has 1 aromatic carbocycles. The summed E-state index contributed by atoms with van der Waals surface area (Å²) in [5.41, 5.74) is -0.986. The van der Waals surface area contributed by atoms with E-state index in [9.17, 15) is 9.59 Å². The fourth-order valence-electron chi connectivity index (χ4n) is 1.68. The highest BCUT2D eigenvalue weighted by atomic mass is 16.6. The van der Waals surface area contributed by atoms with Crippen LogP contribution in [0, 0.1) is 0 Å². The van der Waals surface area contributed by atoms with Crippen molar-refractivity contribution in [2.75, 3.05) is 21.3 Å². The summed E-state index contributed by atoms with van der Waals surface area (Å²) in [7, 11) is 3.67. The van der Waals surface area contributed by atoms with Gasteiger partial charge < -0.3 is 14.2 Å². The Bertz CT molecular complexity index is 397. The van der Waals surface area contributed by atoms with E-state index in [1.807, 2.05) is 18.2 Å². The number of benzene rings is 1. The van der Waals surface area contributed by atoms with E-state index in [-0.39, 0.29) is 6.42 Å². The Morgan fingerprint density at radius 1 is 1.00 bits per heavy atom. The monoisotopic (exact) mass is 252 g/mol. The molecule has 0 aliphatic heterocycles. The highest BCUT2D eigenvalue weighted by molar-refractivity contribution is 6.03. The van der Waals surface area contributed by atoms with Crippen LogP contribution in [0.15, 0.2) is 30.3 Å². The maximum Gasteiger partial charge on any atom is 0.350 e. The van der Waals surface area contributed by atoms with Crippen LogP contribution < -0.4 is 0 Å². The van der Waals surface area contributed by atoms with Crippen molar-refractivity contribution >= 4 is 11.9 Å². The van der Waals surface area contributed by atoms with Gasteiger partial charge in [-0.05, 0) is 5.56 Å². The SMILES string of the molecule is COC(=O)C(Cc1ccccc1)(OC)C(=O)OC. The minimum absolute atomic E-state index is 0.0592. The van der Waals surface area contributed by atoms with Gasteiger partial charge in [-0.1, -0.05) is 30.3 Å². The van der Waals surface area contributed by atoms with E-state index in [2.05, 4.69) is 9.47 Å². The third kappa shape index (κ3) is 2.68. The molecule has 0 bridgehead atoms. The van der Waals surface area contributed by atoms with Crippen LogP contribution >= 0.6 is 0 Å². The molecule has 0 radical (unpaired) electrons. The first-order valence-electron chi connectivity index (χ1n) is 5.36. The quantitative estimate of drug-likeness (QED) is 0.577. The molecule has 5 heteroatoms. The van der Waals surface area contributed by atoms with Gasteiger partial charge in [0.1, 0.15) is 0 Å². The van der Waals surface area contributed by atoms with Crippen molar-refractivity contribution in [3.8, 4) is 0 Å². The van der Waals surface area contributed by atoms with E-state index in [0.29, 0.717) is 0 Å². The molecule has 0 amide bonds. The van der Waals surface area contributed by atoms with E-state index in [1.54, 1.807) is 12.1 Å². The maximum absolute atomic E-state index is 11.8. The standard InChI is InChI=1S/C13H16O5/c1-16-11(14)13(18-3,12(15)17-2)9-10-7-5-4-6-8-10/h4-8H,9H2,1-3H3. The second kappa shape index (κ2) is 6.16. The minimum atomic E-state index is -1.76. The summed E-state index contributed by atoms with van der Waals surface area (Å²) in [4.78, 5) is 23.6. The van der Waals surface area contributed by atoms with Gasteiger partial charge in [0, 0.05) is 13.5 Å². The number of carbonyl (C=O) groups excluding carboxylic acids is 2. The molecule has 5 nitrogen and oxygen atoms in total. The van der Waals surface area contributed by atoms with Crippen LogP contribution in [0.2, 0.25) is 0 Å². The summed E-state index contributed by atoms with van der Waals surface area (Å²) in [6.07, 6.45) is 0.0592. The third-order valence-corrected chi connectivity index (χ3v) is 2.67. The van der Waals surface area contributed by atoms with Crippen molar-refractivity contribution in [3.63, 3.8) is 0 Å². The fourth-order valence-corrected chi connectivity index (χ4v) is 1.68. The summed E-state index contributed by atoms with van der Waals surface area (Å²) in [5.74, 6) is -1.55. The number of esters is 2.